The molecule has 2 aromatic carbocycles. The average Bonchev–Trinajstić information content (AvgIpc) is 2.99. The Morgan fingerprint density at radius 2 is 1.62 bits per heavy atom. The topological polar surface area (TPSA) is 159 Å². The average molecular weight is 582 g/mol. The Bertz CT molecular complexity index is 1360. The van der Waals surface area contributed by atoms with Crippen LogP contribution < -0.4 is 14.8 Å². The summed E-state index contributed by atoms with van der Waals surface area (Å²) >= 11 is 0. The molecule has 12 nitrogen and oxygen atoms in total. The van der Waals surface area contributed by atoms with Crippen LogP contribution in [0.2, 0.25) is 0 Å². The van der Waals surface area contributed by atoms with Crippen LogP contribution >= 0.6 is 0 Å². The van der Waals surface area contributed by atoms with Gasteiger partial charge in [0.25, 0.3) is 5.69 Å². The Hall–Kier alpha value is -4.55. The summed E-state index contributed by atoms with van der Waals surface area (Å²) in [6, 6.07) is 13.2. The van der Waals surface area contributed by atoms with Gasteiger partial charge in [-0.3, -0.25) is 15.1 Å². The summed E-state index contributed by atoms with van der Waals surface area (Å²) in [5, 5.41) is 24.9. The van der Waals surface area contributed by atoms with Crippen molar-refractivity contribution >= 4 is 17.6 Å². The molecule has 0 bridgehead atoms. The molecule has 1 heterocycles. The summed E-state index contributed by atoms with van der Waals surface area (Å²) < 4.78 is 21.5. The van der Waals surface area contributed by atoms with E-state index < -0.39 is 23.0 Å². The van der Waals surface area contributed by atoms with Crippen molar-refractivity contribution in [2.75, 3.05) is 40.5 Å². The number of nitro benzene ring substituents is 1. The van der Waals surface area contributed by atoms with Crippen LogP contribution in [-0.2, 0) is 9.47 Å². The van der Waals surface area contributed by atoms with Gasteiger partial charge in [0.2, 0.25) is 0 Å². The number of hydrogen-bond donors (Lipinski definition) is 2. The molecular formula is C30H35N3O9. The van der Waals surface area contributed by atoms with Crippen LogP contribution in [0.1, 0.15) is 44.9 Å². The van der Waals surface area contributed by atoms with E-state index in [0.29, 0.717) is 31.7 Å². The van der Waals surface area contributed by atoms with Gasteiger partial charge in [-0.25, -0.2) is 9.59 Å². The second kappa shape index (κ2) is 15.5. The summed E-state index contributed by atoms with van der Waals surface area (Å²) in [5.74, 6) is -0.601. The SMILES string of the molecule is COC(=O)c1c(C)nc(C)c(C(=O)OC)c1-c1cc([N+](=O)[O-])ccc1OCCCCNCC(O)COc1ccccc1. The summed E-state index contributed by atoms with van der Waals surface area (Å²) in [6.45, 7) is 4.54. The lowest BCUT2D eigenvalue weighted by molar-refractivity contribution is -0.384. The maximum absolute atomic E-state index is 12.8. The predicted molar refractivity (Wildman–Crippen MR) is 154 cm³/mol. The van der Waals surface area contributed by atoms with Gasteiger partial charge in [-0.1, -0.05) is 18.2 Å². The molecule has 3 aromatic rings. The first kappa shape index (κ1) is 32.0. The van der Waals surface area contributed by atoms with E-state index in [2.05, 4.69) is 10.3 Å². The van der Waals surface area contributed by atoms with Gasteiger partial charge in [0.1, 0.15) is 24.2 Å². The van der Waals surface area contributed by atoms with E-state index in [9.17, 15) is 24.8 Å². The number of nitro groups is 1. The number of aryl methyl sites for hydroxylation is 2. The van der Waals surface area contributed by atoms with E-state index in [1.807, 2.05) is 30.3 Å². The fourth-order valence-corrected chi connectivity index (χ4v) is 4.35. The van der Waals surface area contributed by atoms with Crippen molar-refractivity contribution in [2.45, 2.75) is 32.8 Å². The van der Waals surface area contributed by atoms with Gasteiger partial charge in [0.05, 0.1) is 48.3 Å². The zero-order valence-electron chi connectivity index (χ0n) is 24.0. The smallest absolute Gasteiger partial charge is 0.340 e. The number of aliphatic hydroxyl groups is 1. The molecule has 0 saturated heterocycles. The van der Waals surface area contributed by atoms with Gasteiger partial charge in [-0.05, 0) is 51.4 Å². The number of aromatic nitrogens is 1. The second-order valence-electron chi connectivity index (χ2n) is 9.37. The van der Waals surface area contributed by atoms with Crippen molar-refractivity contribution in [1.29, 1.82) is 0 Å². The lowest BCUT2D eigenvalue weighted by atomic mass is 9.91. The number of nitrogens with zero attached hydrogens (tertiary/aromatic N) is 2. The molecule has 1 unspecified atom stereocenters. The monoisotopic (exact) mass is 581 g/mol. The maximum atomic E-state index is 12.8. The summed E-state index contributed by atoms with van der Waals surface area (Å²) in [7, 11) is 2.38. The Labute approximate surface area is 243 Å². The molecular weight excluding hydrogens is 546 g/mol. The molecule has 1 aromatic heterocycles. The van der Waals surface area contributed by atoms with E-state index in [-0.39, 0.29) is 58.3 Å². The quantitative estimate of drug-likeness (QED) is 0.115. The Kier molecular flexibility index (Phi) is 11.8. The van der Waals surface area contributed by atoms with E-state index in [0.717, 1.165) is 0 Å². The lowest BCUT2D eigenvalue weighted by Gasteiger charge is -2.19. The highest BCUT2D eigenvalue weighted by molar-refractivity contribution is 6.08. The van der Waals surface area contributed by atoms with Crippen LogP contribution in [0.5, 0.6) is 11.5 Å². The number of esters is 2. The minimum Gasteiger partial charge on any atom is -0.493 e. The number of carbonyl (C=O) groups is 2. The lowest BCUT2D eigenvalue weighted by Crippen LogP contribution is -2.32. The third-order valence-corrected chi connectivity index (χ3v) is 6.35. The summed E-state index contributed by atoms with van der Waals surface area (Å²) in [5.41, 5.74) is 0.517. The van der Waals surface area contributed by atoms with Crippen molar-refractivity contribution in [3.05, 3.63) is 81.2 Å². The van der Waals surface area contributed by atoms with E-state index >= 15 is 0 Å². The zero-order valence-corrected chi connectivity index (χ0v) is 24.0. The van der Waals surface area contributed by atoms with Gasteiger partial charge in [0.15, 0.2) is 0 Å². The number of non-ortho nitro benzene ring substituents is 1. The fourth-order valence-electron chi connectivity index (χ4n) is 4.35. The first-order chi connectivity index (χ1) is 20.2. The van der Waals surface area contributed by atoms with Gasteiger partial charge in [-0.15, -0.1) is 0 Å². The number of nitrogens with one attached hydrogen (secondary N) is 1. The molecule has 0 aliphatic rings. The molecule has 3 rings (SSSR count). The first-order valence-electron chi connectivity index (χ1n) is 13.3. The molecule has 42 heavy (non-hydrogen) atoms. The Balaban J connectivity index is 1.73. The largest absolute Gasteiger partial charge is 0.493 e. The van der Waals surface area contributed by atoms with Crippen molar-refractivity contribution in [1.82, 2.24) is 10.3 Å². The van der Waals surface area contributed by atoms with Crippen molar-refractivity contribution in [2.24, 2.45) is 0 Å². The number of benzene rings is 2. The summed E-state index contributed by atoms with van der Waals surface area (Å²) in [4.78, 5) is 41.0. The number of pyridine rings is 1. The molecule has 0 aliphatic heterocycles. The minimum absolute atomic E-state index is 0.0205. The minimum atomic E-state index is -0.764. The standard InChI is InChI=1S/C30H35N3O9/c1-19-26(29(35)39-3)28(27(20(2)32-19)30(36)40-4)24-16-21(33(37)38)12-13-25(24)41-15-9-8-14-31-17-22(34)18-42-23-10-6-5-7-11-23/h5-7,10-13,16,22,31,34H,8-9,14-15,17-18H2,1-4H3. The van der Waals surface area contributed by atoms with Crippen molar-refractivity contribution < 1.29 is 38.6 Å². The third-order valence-electron chi connectivity index (χ3n) is 6.35. The molecule has 2 N–H and O–H groups in total. The van der Waals surface area contributed by atoms with E-state index in [1.165, 1.54) is 32.4 Å². The Morgan fingerprint density at radius 1 is 0.976 bits per heavy atom. The highest BCUT2D eigenvalue weighted by Crippen LogP contribution is 2.40. The molecule has 1 atom stereocenters. The first-order valence-corrected chi connectivity index (χ1v) is 13.3. The normalized spacial score (nSPS) is 11.5. The highest BCUT2D eigenvalue weighted by Gasteiger charge is 2.30. The molecule has 0 spiro atoms. The van der Waals surface area contributed by atoms with Gasteiger partial charge in [-0.2, -0.15) is 0 Å². The van der Waals surface area contributed by atoms with Crippen molar-refractivity contribution in [3.63, 3.8) is 0 Å². The number of carbonyl (C=O) groups excluding carboxylic acids is 2. The Morgan fingerprint density at radius 3 is 2.21 bits per heavy atom. The van der Waals surface area contributed by atoms with Crippen LogP contribution in [0.4, 0.5) is 5.69 Å². The van der Waals surface area contributed by atoms with Crippen LogP contribution in [-0.4, -0.2) is 73.6 Å². The molecule has 0 aliphatic carbocycles. The van der Waals surface area contributed by atoms with Crippen LogP contribution in [0.15, 0.2) is 48.5 Å². The molecule has 224 valence electrons. The maximum Gasteiger partial charge on any atom is 0.340 e. The fraction of sp³-hybridized carbons (Fsp3) is 0.367. The molecule has 0 saturated carbocycles. The summed E-state index contributed by atoms with van der Waals surface area (Å²) in [6.07, 6.45) is 0.648. The van der Waals surface area contributed by atoms with Gasteiger partial charge < -0.3 is 29.4 Å². The van der Waals surface area contributed by atoms with Crippen LogP contribution in [0, 0.1) is 24.0 Å². The van der Waals surface area contributed by atoms with E-state index in [1.54, 1.807) is 13.8 Å². The number of rotatable bonds is 15. The third kappa shape index (κ3) is 8.24. The predicted octanol–water partition coefficient (Wildman–Crippen LogP) is 4.04. The number of para-hydroxylation sites is 1. The molecule has 12 heteroatoms. The zero-order chi connectivity index (χ0) is 30.6. The second-order valence-corrected chi connectivity index (χ2v) is 9.37. The van der Waals surface area contributed by atoms with Gasteiger partial charge >= 0.3 is 11.9 Å². The molecule has 0 amide bonds. The number of methoxy groups -OCH3 is 2. The number of aliphatic hydroxyl groups excluding tert-OH is 1. The van der Waals surface area contributed by atoms with Gasteiger partial charge in [0, 0.05) is 29.8 Å². The van der Waals surface area contributed by atoms with E-state index in [4.69, 9.17) is 18.9 Å². The highest BCUT2D eigenvalue weighted by atomic mass is 16.6. The number of unbranched alkanes of at least 4 members (excludes halogenated alkanes) is 1. The van der Waals surface area contributed by atoms with Crippen LogP contribution in [0.3, 0.4) is 0 Å². The molecule has 0 radical (unpaired) electrons. The molecule has 0 fully saturated rings. The van der Waals surface area contributed by atoms with Crippen LogP contribution in [0.25, 0.3) is 11.1 Å². The number of ether oxygens (including phenoxy) is 4. The number of hydrogen-bond acceptors (Lipinski definition) is 11. The van der Waals surface area contributed by atoms with Crippen molar-refractivity contribution in [3.8, 4) is 22.6 Å².